The van der Waals surface area contributed by atoms with Gasteiger partial charge in [-0.3, -0.25) is 0 Å². The van der Waals surface area contributed by atoms with Crippen LogP contribution in [0.2, 0.25) is 15.5 Å². The molecule has 5 fully saturated rings. The Labute approximate surface area is 251 Å². The molecular weight excluding hydrogens is 639 g/mol. The van der Waals surface area contributed by atoms with Crippen molar-refractivity contribution in [3.05, 3.63) is 35.9 Å². The van der Waals surface area contributed by atoms with E-state index in [2.05, 4.69) is 0 Å². The first-order valence-corrected chi connectivity index (χ1v) is 19.0. The maximum absolute atomic E-state index is 12.1. The second-order valence-electron chi connectivity index (χ2n) is 12.7. The minimum absolute atomic E-state index is 0.0198. The quantitative estimate of drug-likeness (QED) is 0.248. The van der Waals surface area contributed by atoms with E-state index < -0.39 is 72.4 Å². The zero-order valence-electron chi connectivity index (χ0n) is 24.6. The van der Waals surface area contributed by atoms with E-state index in [-0.39, 0.29) is 29.7 Å². The first kappa shape index (κ1) is 31.3. The molecule has 0 radical (unpaired) electrons. The normalized spacial score (nSPS) is 42.5. The Morgan fingerprint density at radius 1 is 0.833 bits per heavy atom. The summed E-state index contributed by atoms with van der Waals surface area (Å²) in [6, 6.07) is 9.36. The Balaban J connectivity index is 1.33. The van der Waals surface area contributed by atoms with Crippen LogP contribution in [0.15, 0.2) is 30.3 Å². The molecule has 1 aromatic rings. The van der Waals surface area contributed by atoms with Crippen molar-refractivity contribution in [2.24, 2.45) is 0 Å². The number of fused-ring (bicyclic) bond motifs is 3. The second kappa shape index (κ2) is 11.3. The van der Waals surface area contributed by atoms with Crippen molar-refractivity contribution in [2.45, 2.75) is 123 Å². The van der Waals surface area contributed by atoms with Crippen LogP contribution >= 0.6 is 0 Å². The van der Waals surface area contributed by atoms with Crippen molar-refractivity contribution in [1.29, 1.82) is 0 Å². The van der Waals surface area contributed by atoms with Crippen LogP contribution in [0.1, 0.15) is 53.4 Å². The number of hydrogen-bond acceptors (Lipinski definition) is 12. The van der Waals surface area contributed by atoms with E-state index in [9.17, 15) is 13.0 Å². The fourth-order valence-corrected chi connectivity index (χ4v) is 12.9. The number of ether oxygens (including phenoxy) is 8. The second-order valence-corrected chi connectivity index (χ2v) is 18.6. The molecule has 2 unspecified atom stereocenters. The summed E-state index contributed by atoms with van der Waals surface area (Å²) < 4.78 is 91.3. The molecule has 0 aliphatic carbocycles. The van der Waals surface area contributed by atoms with Gasteiger partial charge in [0.2, 0.25) is 0 Å². The Bertz CT molecular complexity index is 1230. The van der Waals surface area contributed by atoms with Crippen LogP contribution in [0.3, 0.4) is 0 Å². The van der Waals surface area contributed by atoms with E-state index >= 15 is 0 Å². The van der Waals surface area contributed by atoms with Gasteiger partial charge in [-0.05, 0) is 0 Å². The Morgan fingerprint density at radius 2 is 1.48 bits per heavy atom. The molecule has 0 bridgehead atoms. The van der Waals surface area contributed by atoms with Gasteiger partial charge >= 0.3 is 252 Å². The summed E-state index contributed by atoms with van der Waals surface area (Å²) in [4.78, 5) is 0.0198. The fourth-order valence-electron chi connectivity index (χ4n) is 6.42. The number of benzene rings is 1. The standard InChI is InChI=1S/C28H40O12SSe/c1-26(2)32-12-17(36-26)21-23(40-41(29,30)31)18(34-25(35-21)16-10-8-7-9-11-16)14-42-15-19-22(38-28(5,6)37-19)24-20(42)13-33-27(3,4)39-24/h7-11,17-25H,12-15H2,1-6H3/t17-,18+,19-,20+,21-,22-,23-,24-,25?,42?/m1/s1. The van der Waals surface area contributed by atoms with E-state index in [0.29, 0.717) is 11.9 Å². The van der Waals surface area contributed by atoms with Crippen LogP contribution < -0.4 is 0 Å². The predicted molar refractivity (Wildman–Crippen MR) is 146 cm³/mol. The third-order valence-electron chi connectivity index (χ3n) is 8.08. The van der Waals surface area contributed by atoms with Crippen LogP contribution in [0, 0.1) is 0 Å². The van der Waals surface area contributed by atoms with Crippen molar-refractivity contribution in [1.82, 2.24) is 0 Å². The number of rotatable bonds is 6. The summed E-state index contributed by atoms with van der Waals surface area (Å²) in [6.07, 6.45) is -5.28. The SMILES string of the molecule is CC1(C)OC[C@H]2[C@@H](O1)[C@@H]1OC(C)(C)O[C@@H]1C[Se+]2C[C@@H]1OC(c2ccccc2)O[C@H]([C@H]2COC(C)(C)O2)[C@@H]1OS(=O)(=O)[O-]. The van der Waals surface area contributed by atoms with Crippen LogP contribution in [0.25, 0.3) is 0 Å². The maximum atomic E-state index is 12.1. The zero-order valence-corrected chi connectivity index (χ0v) is 27.2. The third kappa shape index (κ3) is 6.76. The van der Waals surface area contributed by atoms with Crippen LogP contribution in [-0.4, -0.2) is 100 Å². The van der Waals surface area contributed by atoms with Crippen molar-refractivity contribution >= 4 is 24.3 Å². The average Bonchev–Trinajstić information content (AvgIpc) is 3.41. The minimum atomic E-state index is -5.13. The molecule has 12 nitrogen and oxygen atoms in total. The Kier molecular flexibility index (Phi) is 8.39. The third-order valence-corrected chi connectivity index (χ3v) is 14.4. The molecule has 5 aliphatic rings. The molecule has 0 saturated carbocycles. The van der Waals surface area contributed by atoms with Gasteiger partial charge in [-0.2, -0.15) is 0 Å². The van der Waals surface area contributed by atoms with Gasteiger partial charge in [-0.25, -0.2) is 0 Å². The average molecular weight is 680 g/mol. The fraction of sp³-hybridized carbons (Fsp3) is 0.786. The molecule has 42 heavy (non-hydrogen) atoms. The molecule has 14 heteroatoms. The molecule has 0 amide bonds. The molecule has 5 heterocycles. The van der Waals surface area contributed by atoms with E-state index in [1.807, 2.05) is 58.0 Å². The van der Waals surface area contributed by atoms with Crippen molar-refractivity contribution < 1.29 is 55.0 Å². The first-order valence-electron chi connectivity index (χ1n) is 14.2. The Hall–Kier alpha value is -0.711. The van der Waals surface area contributed by atoms with Gasteiger partial charge in [0.15, 0.2) is 0 Å². The molecule has 236 valence electrons. The van der Waals surface area contributed by atoms with Crippen LogP contribution in [-0.2, 0) is 52.5 Å². The summed E-state index contributed by atoms with van der Waals surface area (Å²) in [7, 11) is -5.13. The molecule has 5 saturated heterocycles. The topological polar surface area (TPSA) is 140 Å². The summed E-state index contributed by atoms with van der Waals surface area (Å²) in [6.45, 7) is 11.7. The Morgan fingerprint density at radius 3 is 2.14 bits per heavy atom. The number of hydrogen-bond donors (Lipinski definition) is 0. The molecule has 5 aliphatic heterocycles. The van der Waals surface area contributed by atoms with Gasteiger partial charge in [0.05, 0.1) is 0 Å². The summed E-state index contributed by atoms with van der Waals surface area (Å²) in [5.41, 5.74) is 0.746. The van der Waals surface area contributed by atoms with E-state index in [1.54, 1.807) is 13.8 Å². The molecule has 0 spiro atoms. The van der Waals surface area contributed by atoms with Crippen molar-refractivity contribution in [3.8, 4) is 0 Å². The zero-order chi connectivity index (χ0) is 30.1. The first-order chi connectivity index (χ1) is 19.6. The predicted octanol–water partition coefficient (Wildman–Crippen LogP) is 3.02. The van der Waals surface area contributed by atoms with Gasteiger partial charge in [-0.15, -0.1) is 0 Å². The van der Waals surface area contributed by atoms with Crippen molar-refractivity contribution in [2.75, 3.05) is 13.2 Å². The molecule has 0 N–H and O–H groups in total. The van der Waals surface area contributed by atoms with Gasteiger partial charge in [0.1, 0.15) is 0 Å². The monoisotopic (exact) mass is 680 g/mol. The summed E-state index contributed by atoms with van der Waals surface area (Å²) in [5, 5.41) is 1.17. The van der Waals surface area contributed by atoms with Crippen LogP contribution in [0.5, 0.6) is 0 Å². The molecule has 6 rings (SSSR count). The molecule has 0 aromatic heterocycles. The summed E-state index contributed by atoms with van der Waals surface area (Å²) >= 11 is -1.75. The van der Waals surface area contributed by atoms with E-state index in [0.717, 1.165) is 10.9 Å². The molecular formula is C28H40O12SSe. The van der Waals surface area contributed by atoms with Gasteiger partial charge in [0.25, 0.3) is 0 Å². The molecule has 10 atom stereocenters. The summed E-state index contributed by atoms with van der Waals surface area (Å²) in [5.74, 6) is -2.47. The van der Waals surface area contributed by atoms with Gasteiger partial charge in [-0.1, -0.05) is 0 Å². The van der Waals surface area contributed by atoms with E-state index in [1.165, 1.54) is 0 Å². The van der Waals surface area contributed by atoms with E-state index in [4.69, 9.17) is 42.1 Å². The van der Waals surface area contributed by atoms with Gasteiger partial charge < -0.3 is 0 Å². The van der Waals surface area contributed by atoms with Crippen LogP contribution in [0.4, 0.5) is 0 Å². The van der Waals surface area contributed by atoms with Crippen molar-refractivity contribution in [3.63, 3.8) is 0 Å². The van der Waals surface area contributed by atoms with Gasteiger partial charge in [0, 0.05) is 0 Å². The molecule has 1 aromatic carbocycles.